The van der Waals surface area contributed by atoms with Crippen molar-refractivity contribution in [2.24, 2.45) is 5.14 Å². The first-order valence-corrected chi connectivity index (χ1v) is 9.20. The number of hydrogen-bond donors (Lipinski definition) is 2. The van der Waals surface area contributed by atoms with Gasteiger partial charge in [-0.15, -0.1) is 0 Å². The fraction of sp³-hybridized carbons (Fsp3) is 0.118. The fourth-order valence-corrected chi connectivity index (χ4v) is 3.49. The molecule has 6 nitrogen and oxygen atoms in total. The Bertz CT molecular complexity index is 1140. The molecule has 28 heavy (non-hydrogen) atoms. The third-order valence-electron chi connectivity index (χ3n) is 3.94. The number of rotatable bonds is 4. The van der Waals surface area contributed by atoms with E-state index in [1.807, 2.05) is 5.10 Å². The molecule has 0 aliphatic carbocycles. The molecule has 3 aromatic rings. The number of primary sulfonamides is 1. The zero-order valence-electron chi connectivity index (χ0n) is 14.2. The van der Waals surface area contributed by atoms with Crippen molar-refractivity contribution in [1.82, 2.24) is 10.2 Å². The summed E-state index contributed by atoms with van der Waals surface area (Å²) in [5, 5.41) is 10.7. The number of sulfonamides is 1. The van der Waals surface area contributed by atoms with Gasteiger partial charge in [-0.2, -0.15) is 18.3 Å². The smallest absolute Gasteiger partial charge is 0.433 e. The van der Waals surface area contributed by atoms with Crippen molar-refractivity contribution in [2.45, 2.75) is 11.1 Å². The van der Waals surface area contributed by atoms with E-state index in [-0.39, 0.29) is 22.6 Å². The van der Waals surface area contributed by atoms with E-state index < -0.39 is 38.2 Å². The lowest BCUT2D eigenvalue weighted by Crippen LogP contribution is -2.13. The Morgan fingerprint density at radius 2 is 1.82 bits per heavy atom. The Morgan fingerprint density at radius 1 is 1.14 bits per heavy atom. The average molecular weight is 415 g/mol. The Hall–Kier alpha value is -2.92. The van der Waals surface area contributed by atoms with E-state index >= 15 is 0 Å². The summed E-state index contributed by atoms with van der Waals surface area (Å²) in [4.78, 5) is -0.412. The van der Waals surface area contributed by atoms with Crippen LogP contribution in [0.25, 0.3) is 22.4 Å². The largest absolute Gasteiger partial charge is 0.494 e. The predicted octanol–water partition coefficient (Wildman–Crippen LogP) is 3.56. The number of ether oxygens (including phenoxy) is 1. The lowest BCUT2D eigenvalue weighted by molar-refractivity contribution is -0.140. The predicted molar refractivity (Wildman–Crippen MR) is 92.3 cm³/mol. The van der Waals surface area contributed by atoms with Crippen molar-refractivity contribution < 1.29 is 30.7 Å². The Kier molecular flexibility index (Phi) is 4.90. The SMILES string of the molecule is COc1ccc(-c2c(-c3ccccc3S(N)(=O)=O)n[nH]c2C(F)(F)F)cc1F. The minimum Gasteiger partial charge on any atom is -0.494 e. The molecule has 0 spiro atoms. The molecule has 0 atom stereocenters. The number of aromatic amines is 1. The number of nitrogens with one attached hydrogen (secondary N) is 1. The van der Waals surface area contributed by atoms with E-state index in [1.165, 1.54) is 31.4 Å². The zero-order chi connectivity index (χ0) is 20.7. The van der Waals surface area contributed by atoms with Crippen LogP contribution in [-0.4, -0.2) is 25.7 Å². The van der Waals surface area contributed by atoms with Gasteiger partial charge in [0.25, 0.3) is 0 Å². The second-order valence-electron chi connectivity index (χ2n) is 5.71. The van der Waals surface area contributed by atoms with Crippen LogP contribution in [0.5, 0.6) is 5.75 Å². The van der Waals surface area contributed by atoms with Crippen LogP contribution < -0.4 is 9.88 Å². The molecule has 0 saturated heterocycles. The van der Waals surface area contributed by atoms with Crippen LogP contribution in [-0.2, 0) is 16.2 Å². The number of aromatic nitrogens is 2. The minimum atomic E-state index is -4.85. The molecule has 11 heteroatoms. The van der Waals surface area contributed by atoms with Gasteiger partial charge in [0.15, 0.2) is 11.6 Å². The second-order valence-corrected chi connectivity index (χ2v) is 7.24. The van der Waals surface area contributed by atoms with E-state index in [0.29, 0.717) is 0 Å². The van der Waals surface area contributed by atoms with Gasteiger partial charge in [-0.1, -0.05) is 24.3 Å². The molecule has 1 heterocycles. The Balaban J connectivity index is 2.35. The van der Waals surface area contributed by atoms with Crippen LogP contribution >= 0.6 is 0 Å². The minimum absolute atomic E-state index is 0.150. The first-order chi connectivity index (χ1) is 13.0. The molecule has 0 fully saturated rings. The maximum Gasteiger partial charge on any atom is 0.433 e. The van der Waals surface area contributed by atoms with Crippen molar-refractivity contribution in [2.75, 3.05) is 7.11 Å². The molecule has 0 saturated carbocycles. The number of benzene rings is 2. The standard InChI is InChI=1S/C17H13F4N3O3S/c1-27-12-7-6-9(8-11(12)18)14-15(23-24-16(14)17(19,20)21)10-4-2-3-5-13(10)28(22,25)26/h2-8H,1H3,(H,23,24)(H2,22,25,26). The summed E-state index contributed by atoms with van der Waals surface area (Å²) in [7, 11) is -3.04. The van der Waals surface area contributed by atoms with Gasteiger partial charge in [0.2, 0.25) is 10.0 Å². The summed E-state index contributed by atoms with van der Waals surface area (Å²) in [6.45, 7) is 0. The van der Waals surface area contributed by atoms with Crippen LogP contribution in [0.15, 0.2) is 47.4 Å². The van der Waals surface area contributed by atoms with Gasteiger partial charge in [0.05, 0.1) is 12.0 Å². The molecule has 3 rings (SSSR count). The van der Waals surface area contributed by atoms with Crippen LogP contribution in [0.4, 0.5) is 17.6 Å². The number of halogens is 4. The number of methoxy groups -OCH3 is 1. The van der Waals surface area contributed by atoms with Crippen molar-refractivity contribution >= 4 is 10.0 Å². The number of alkyl halides is 3. The Labute approximate surface area is 157 Å². The average Bonchev–Trinajstić information content (AvgIpc) is 3.06. The lowest BCUT2D eigenvalue weighted by atomic mass is 9.98. The summed E-state index contributed by atoms with van der Waals surface area (Å²) < 4.78 is 83.1. The summed E-state index contributed by atoms with van der Waals surface area (Å²) >= 11 is 0. The van der Waals surface area contributed by atoms with Gasteiger partial charge < -0.3 is 4.74 Å². The number of hydrogen-bond acceptors (Lipinski definition) is 4. The summed E-state index contributed by atoms with van der Waals surface area (Å²) in [6.07, 6.45) is -4.85. The molecular weight excluding hydrogens is 402 g/mol. The fourth-order valence-electron chi connectivity index (χ4n) is 2.76. The normalized spacial score (nSPS) is 12.2. The topological polar surface area (TPSA) is 98.1 Å². The van der Waals surface area contributed by atoms with Gasteiger partial charge in [-0.25, -0.2) is 17.9 Å². The highest BCUT2D eigenvalue weighted by Gasteiger charge is 2.38. The summed E-state index contributed by atoms with van der Waals surface area (Å²) in [5.41, 5.74) is -2.41. The van der Waals surface area contributed by atoms with Crippen LogP contribution in [0, 0.1) is 5.82 Å². The van der Waals surface area contributed by atoms with Gasteiger partial charge in [0.1, 0.15) is 11.4 Å². The lowest BCUT2D eigenvalue weighted by Gasteiger charge is -2.12. The number of nitrogens with zero attached hydrogens (tertiary/aromatic N) is 1. The van der Waals surface area contributed by atoms with E-state index in [4.69, 9.17) is 9.88 Å². The van der Waals surface area contributed by atoms with E-state index in [1.54, 1.807) is 0 Å². The van der Waals surface area contributed by atoms with Crippen molar-refractivity contribution in [3.63, 3.8) is 0 Å². The summed E-state index contributed by atoms with van der Waals surface area (Å²) in [5.74, 6) is -1.05. The first kappa shape index (κ1) is 19.8. The van der Waals surface area contributed by atoms with Gasteiger partial charge >= 0.3 is 6.18 Å². The highest BCUT2D eigenvalue weighted by Crippen LogP contribution is 2.43. The molecule has 3 N–H and O–H groups in total. The second kappa shape index (κ2) is 6.91. The molecular formula is C17H13F4N3O3S. The quantitative estimate of drug-likeness (QED) is 0.637. The molecule has 0 bridgehead atoms. The monoisotopic (exact) mass is 415 g/mol. The zero-order valence-corrected chi connectivity index (χ0v) is 15.0. The van der Waals surface area contributed by atoms with Crippen molar-refractivity contribution in [3.8, 4) is 28.1 Å². The molecule has 0 amide bonds. The number of H-pyrrole nitrogens is 1. The highest BCUT2D eigenvalue weighted by atomic mass is 32.2. The molecule has 148 valence electrons. The maximum absolute atomic E-state index is 14.1. The molecule has 0 aliphatic rings. The third kappa shape index (κ3) is 3.58. The van der Waals surface area contributed by atoms with E-state index in [9.17, 15) is 26.0 Å². The molecule has 2 aromatic carbocycles. The number of nitrogens with two attached hydrogens (primary N) is 1. The van der Waals surface area contributed by atoms with Crippen LogP contribution in [0.1, 0.15) is 5.69 Å². The molecule has 0 unspecified atom stereocenters. The molecule has 0 radical (unpaired) electrons. The van der Waals surface area contributed by atoms with Crippen LogP contribution in [0.2, 0.25) is 0 Å². The Morgan fingerprint density at radius 3 is 2.39 bits per heavy atom. The summed E-state index contributed by atoms with van der Waals surface area (Å²) in [6, 6.07) is 8.42. The van der Waals surface area contributed by atoms with Crippen molar-refractivity contribution in [1.29, 1.82) is 0 Å². The molecule has 1 aromatic heterocycles. The third-order valence-corrected chi connectivity index (χ3v) is 4.91. The van der Waals surface area contributed by atoms with Gasteiger partial charge in [-0.05, 0) is 23.8 Å². The van der Waals surface area contributed by atoms with E-state index in [0.717, 1.165) is 18.2 Å². The van der Waals surface area contributed by atoms with E-state index in [2.05, 4.69) is 5.10 Å². The highest BCUT2D eigenvalue weighted by molar-refractivity contribution is 7.89. The van der Waals surface area contributed by atoms with Gasteiger partial charge in [0, 0.05) is 11.1 Å². The van der Waals surface area contributed by atoms with Crippen molar-refractivity contribution in [3.05, 3.63) is 54.0 Å². The van der Waals surface area contributed by atoms with Crippen LogP contribution in [0.3, 0.4) is 0 Å². The van der Waals surface area contributed by atoms with Gasteiger partial charge in [-0.3, -0.25) is 5.10 Å². The maximum atomic E-state index is 14.1. The first-order valence-electron chi connectivity index (χ1n) is 7.65. The molecule has 0 aliphatic heterocycles.